The lowest BCUT2D eigenvalue weighted by atomic mass is 9.97. The highest BCUT2D eigenvalue weighted by Gasteiger charge is 2.19. The van der Waals surface area contributed by atoms with Crippen molar-refractivity contribution in [2.75, 3.05) is 18.0 Å². The van der Waals surface area contributed by atoms with Gasteiger partial charge in [-0.15, -0.1) is 0 Å². The van der Waals surface area contributed by atoms with Gasteiger partial charge in [-0.3, -0.25) is 0 Å². The van der Waals surface area contributed by atoms with Crippen LogP contribution in [0.2, 0.25) is 5.02 Å². The molecular formula is C13H15ClN2. The molecule has 0 atom stereocenters. The summed E-state index contributed by atoms with van der Waals surface area (Å²) in [4.78, 5) is 2.33. The Kier molecular flexibility index (Phi) is 3.36. The van der Waals surface area contributed by atoms with Gasteiger partial charge in [-0.2, -0.15) is 5.26 Å². The molecule has 0 bridgehead atoms. The lowest BCUT2D eigenvalue weighted by molar-refractivity contribution is 0.487. The Labute approximate surface area is 101 Å². The Morgan fingerprint density at radius 3 is 2.69 bits per heavy atom. The molecule has 0 spiro atoms. The third-order valence-corrected chi connectivity index (χ3v) is 3.42. The summed E-state index contributed by atoms with van der Waals surface area (Å²) in [7, 11) is 0. The van der Waals surface area contributed by atoms with Crippen LogP contribution >= 0.6 is 11.6 Å². The number of hydrogen-bond acceptors (Lipinski definition) is 2. The van der Waals surface area contributed by atoms with E-state index in [9.17, 15) is 0 Å². The molecule has 16 heavy (non-hydrogen) atoms. The van der Waals surface area contributed by atoms with Crippen molar-refractivity contribution in [1.82, 2.24) is 0 Å². The van der Waals surface area contributed by atoms with Gasteiger partial charge >= 0.3 is 0 Å². The summed E-state index contributed by atoms with van der Waals surface area (Å²) >= 11 is 6.01. The van der Waals surface area contributed by atoms with E-state index < -0.39 is 0 Å². The number of hydrogen-bond donors (Lipinski definition) is 0. The van der Waals surface area contributed by atoms with E-state index in [1.165, 1.54) is 11.3 Å². The van der Waals surface area contributed by atoms with Crippen molar-refractivity contribution in [3.05, 3.63) is 28.8 Å². The molecule has 84 valence electrons. The van der Waals surface area contributed by atoms with E-state index in [4.69, 9.17) is 16.9 Å². The van der Waals surface area contributed by atoms with Crippen molar-refractivity contribution in [2.24, 2.45) is 5.92 Å². The molecule has 1 aliphatic heterocycles. The molecule has 1 aliphatic rings. The van der Waals surface area contributed by atoms with Gasteiger partial charge in [0.1, 0.15) is 0 Å². The fourth-order valence-corrected chi connectivity index (χ4v) is 2.34. The van der Waals surface area contributed by atoms with Gasteiger partial charge in [0.25, 0.3) is 0 Å². The second-order valence-corrected chi connectivity index (χ2v) is 4.76. The molecule has 0 aliphatic carbocycles. The number of nitriles is 1. The first-order valence-electron chi connectivity index (χ1n) is 5.61. The molecule has 1 aromatic carbocycles. The Morgan fingerprint density at radius 1 is 1.38 bits per heavy atom. The van der Waals surface area contributed by atoms with E-state index in [1.807, 2.05) is 18.2 Å². The van der Waals surface area contributed by atoms with Crippen LogP contribution in [-0.4, -0.2) is 13.1 Å². The summed E-state index contributed by atoms with van der Waals surface area (Å²) in [6.45, 7) is 4.01. The third-order valence-electron chi connectivity index (χ3n) is 3.19. The fourth-order valence-electron chi connectivity index (χ4n) is 2.17. The van der Waals surface area contributed by atoms with Gasteiger partial charge in [0, 0.05) is 29.7 Å². The number of rotatable bonds is 1. The van der Waals surface area contributed by atoms with Gasteiger partial charge in [0.15, 0.2) is 0 Å². The summed E-state index contributed by atoms with van der Waals surface area (Å²) < 4.78 is 0. The highest BCUT2D eigenvalue weighted by atomic mass is 35.5. The van der Waals surface area contributed by atoms with E-state index in [0.717, 1.165) is 31.0 Å². The molecule has 0 unspecified atom stereocenters. The first-order chi connectivity index (χ1) is 7.70. The minimum atomic E-state index is 0.232. The highest BCUT2D eigenvalue weighted by molar-refractivity contribution is 6.30. The molecule has 0 radical (unpaired) electrons. The van der Waals surface area contributed by atoms with Gasteiger partial charge in [-0.1, -0.05) is 17.7 Å². The SMILES string of the molecule is Cc1ccc(Cl)cc1N1CCC(C#N)CC1. The van der Waals surface area contributed by atoms with Gasteiger partial charge in [-0.25, -0.2) is 0 Å². The number of nitrogens with zero attached hydrogens (tertiary/aromatic N) is 2. The molecule has 1 heterocycles. The zero-order chi connectivity index (χ0) is 11.5. The lowest BCUT2D eigenvalue weighted by Gasteiger charge is -2.32. The van der Waals surface area contributed by atoms with E-state index >= 15 is 0 Å². The summed E-state index contributed by atoms with van der Waals surface area (Å²) in [5, 5.41) is 9.64. The molecule has 1 aromatic rings. The van der Waals surface area contributed by atoms with Crippen LogP contribution in [-0.2, 0) is 0 Å². The summed E-state index contributed by atoms with van der Waals surface area (Å²) in [6, 6.07) is 8.34. The van der Waals surface area contributed by atoms with Crippen LogP contribution < -0.4 is 4.90 Å². The predicted molar refractivity (Wildman–Crippen MR) is 66.7 cm³/mol. The number of aryl methyl sites for hydroxylation is 1. The van der Waals surface area contributed by atoms with Gasteiger partial charge < -0.3 is 4.90 Å². The van der Waals surface area contributed by atoms with E-state index in [0.29, 0.717) is 0 Å². The van der Waals surface area contributed by atoms with Crippen LogP contribution in [0.3, 0.4) is 0 Å². The van der Waals surface area contributed by atoms with Gasteiger partial charge in [0.2, 0.25) is 0 Å². The van der Waals surface area contributed by atoms with E-state index in [2.05, 4.69) is 17.9 Å². The summed E-state index contributed by atoms with van der Waals surface area (Å²) in [5.41, 5.74) is 2.46. The summed E-state index contributed by atoms with van der Waals surface area (Å²) in [6.07, 6.45) is 1.92. The zero-order valence-corrected chi connectivity index (χ0v) is 10.2. The normalized spacial score (nSPS) is 17.2. The molecule has 1 fully saturated rings. The number of piperidine rings is 1. The molecule has 1 saturated heterocycles. The Balaban J connectivity index is 2.14. The minimum Gasteiger partial charge on any atom is -0.371 e. The standard InChI is InChI=1S/C13H15ClN2/c1-10-2-3-12(14)8-13(10)16-6-4-11(9-15)5-7-16/h2-3,8,11H,4-7H2,1H3. The zero-order valence-electron chi connectivity index (χ0n) is 9.41. The number of benzene rings is 1. The van der Waals surface area contributed by atoms with Crippen LogP contribution in [0.25, 0.3) is 0 Å². The average molecular weight is 235 g/mol. The van der Waals surface area contributed by atoms with Crippen molar-refractivity contribution in [3.63, 3.8) is 0 Å². The molecule has 0 amide bonds. The van der Waals surface area contributed by atoms with Crippen molar-refractivity contribution in [2.45, 2.75) is 19.8 Å². The Hall–Kier alpha value is -1.20. The largest absolute Gasteiger partial charge is 0.371 e. The molecule has 3 heteroatoms. The fraction of sp³-hybridized carbons (Fsp3) is 0.462. The number of halogens is 1. The van der Waals surface area contributed by atoms with Crippen molar-refractivity contribution in [1.29, 1.82) is 5.26 Å². The van der Waals surface area contributed by atoms with Crippen LogP contribution in [0.1, 0.15) is 18.4 Å². The lowest BCUT2D eigenvalue weighted by Crippen LogP contribution is -2.33. The maximum atomic E-state index is 8.86. The smallest absolute Gasteiger partial charge is 0.0657 e. The molecule has 0 N–H and O–H groups in total. The van der Waals surface area contributed by atoms with Crippen molar-refractivity contribution < 1.29 is 0 Å². The van der Waals surface area contributed by atoms with Crippen molar-refractivity contribution >= 4 is 17.3 Å². The molecule has 0 aromatic heterocycles. The van der Waals surface area contributed by atoms with Crippen LogP contribution in [0.15, 0.2) is 18.2 Å². The van der Waals surface area contributed by atoms with Gasteiger partial charge in [-0.05, 0) is 37.5 Å². The Morgan fingerprint density at radius 2 is 2.06 bits per heavy atom. The van der Waals surface area contributed by atoms with Crippen LogP contribution in [0.5, 0.6) is 0 Å². The van der Waals surface area contributed by atoms with Crippen LogP contribution in [0.4, 0.5) is 5.69 Å². The second kappa shape index (κ2) is 4.76. The number of anilines is 1. The Bertz CT molecular complexity index is 414. The summed E-state index contributed by atoms with van der Waals surface area (Å²) in [5.74, 6) is 0.232. The maximum Gasteiger partial charge on any atom is 0.0657 e. The topological polar surface area (TPSA) is 27.0 Å². The third kappa shape index (κ3) is 2.31. The van der Waals surface area contributed by atoms with Gasteiger partial charge in [0.05, 0.1) is 6.07 Å². The second-order valence-electron chi connectivity index (χ2n) is 4.32. The van der Waals surface area contributed by atoms with Crippen molar-refractivity contribution in [3.8, 4) is 6.07 Å². The maximum absolute atomic E-state index is 8.86. The molecule has 2 rings (SSSR count). The molecular weight excluding hydrogens is 220 g/mol. The first kappa shape index (κ1) is 11.3. The van der Waals surface area contributed by atoms with E-state index in [1.54, 1.807) is 0 Å². The predicted octanol–water partition coefficient (Wildman–Crippen LogP) is 3.39. The highest BCUT2D eigenvalue weighted by Crippen LogP contribution is 2.28. The molecule has 2 nitrogen and oxygen atoms in total. The molecule has 0 saturated carbocycles. The van der Waals surface area contributed by atoms with E-state index in [-0.39, 0.29) is 5.92 Å². The minimum absolute atomic E-state index is 0.232. The van der Waals surface area contributed by atoms with Crippen LogP contribution in [0, 0.1) is 24.2 Å². The first-order valence-corrected chi connectivity index (χ1v) is 5.99. The quantitative estimate of drug-likeness (QED) is 0.745. The monoisotopic (exact) mass is 234 g/mol. The average Bonchev–Trinajstić information content (AvgIpc) is 2.32.